The van der Waals surface area contributed by atoms with Crippen LogP contribution in [-0.2, 0) is 28.7 Å². The number of Topliss-reactive ketones (excluding diaryl/α,β-unsaturated/α-hetero) is 1. The van der Waals surface area contributed by atoms with Crippen molar-refractivity contribution in [3.63, 3.8) is 0 Å². The fourth-order valence-corrected chi connectivity index (χ4v) is 10.0. The van der Waals surface area contributed by atoms with Gasteiger partial charge in [-0.25, -0.2) is 9.67 Å². The summed E-state index contributed by atoms with van der Waals surface area (Å²) in [6.45, 7) is 16.3. The third-order valence-corrected chi connectivity index (χ3v) is 13.8. The Bertz CT molecular complexity index is 2130. The molecule has 62 heavy (non-hydrogen) atoms. The Balaban J connectivity index is 1.07. The van der Waals surface area contributed by atoms with E-state index in [-0.39, 0.29) is 55.6 Å². The van der Waals surface area contributed by atoms with Crippen LogP contribution in [0.1, 0.15) is 92.9 Å². The summed E-state index contributed by atoms with van der Waals surface area (Å²) in [5.74, 6) is 0.720. The highest BCUT2D eigenvalue weighted by Crippen LogP contribution is 2.58. The van der Waals surface area contributed by atoms with Gasteiger partial charge in [-0.1, -0.05) is 34.1 Å². The topological polar surface area (TPSA) is 175 Å². The summed E-state index contributed by atoms with van der Waals surface area (Å²) in [6.07, 6.45) is 4.99. The van der Waals surface area contributed by atoms with Crippen LogP contribution in [-0.4, -0.2) is 124 Å². The number of carbonyl (C=O) groups is 4. The maximum Gasteiger partial charge on any atom is 0.310 e. The minimum atomic E-state index is -1.14. The Morgan fingerprint density at radius 1 is 1.02 bits per heavy atom. The van der Waals surface area contributed by atoms with E-state index >= 15 is 0 Å². The number of nitrogens with zero attached hydrogens (tertiary/aromatic N) is 5. The summed E-state index contributed by atoms with van der Waals surface area (Å²) in [5, 5.41) is 19.1. The van der Waals surface area contributed by atoms with Crippen molar-refractivity contribution in [2.24, 2.45) is 34.5 Å². The largest absolute Gasteiger partial charge is 0.492 e. The Labute approximate surface area is 364 Å². The maximum absolute atomic E-state index is 14.9. The molecular weight excluding hydrogens is 793 g/mol. The van der Waals surface area contributed by atoms with Crippen molar-refractivity contribution in [1.82, 2.24) is 24.6 Å². The number of likely N-dealkylation sites (tertiary alicyclic amines) is 1. The van der Waals surface area contributed by atoms with Crippen molar-refractivity contribution in [3.8, 4) is 17.3 Å². The second-order valence-corrected chi connectivity index (χ2v) is 19.8. The van der Waals surface area contributed by atoms with Crippen LogP contribution in [0.15, 0.2) is 36.5 Å². The molecule has 1 amide bonds. The maximum atomic E-state index is 14.9. The number of anilines is 1. The van der Waals surface area contributed by atoms with Crippen LogP contribution in [0.4, 0.5) is 5.82 Å². The Morgan fingerprint density at radius 3 is 2.45 bits per heavy atom. The number of rotatable bonds is 18. The summed E-state index contributed by atoms with van der Waals surface area (Å²) < 4.78 is 26.1. The first-order chi connectivity index (χ1) is 29.6. The number of ether oxygens (including phenoxy) is 4. The summed E-state index contributed by atoms with van der Waals surface area (Å²) in [7, 11) is 0. The number of aromatic nitrogens is 3. The summed E-state index contributed by atoms with van der Waals surface area (Å²) >= 11 is 0. The quantitative estimate of drug-likeness (QED) is 0.140. The zero-order valence-electron chi connectivity index (χ0n) is 37.1. The standard InChI is InChI=1S/C47H64N6O9/c1-7-31-25-47(31,45(57)58)26-39(54)38-22-34(27-52(38)44(56)36(46(4,5)6)23-43(55)62-33-19-29-18-30(29)20-33)61-40-24-42(53-11-10-41(50-53)48-28(2)3)49-37-21-32(8-9-35(37)40)60-17-14-51-12-15-59-16-13-51/h8-11,21,24,28-31,33-34,36,38H,7,12-20,22-23,25-27H2,1-6H3,(H,48,50)(H,57,58)/t29-,30+,31-,33?,34?,36-,38+,47-/m1/s1. The molecule has 3 aliphatic carbocycles. The molecule has 0 radical (unpaired) electrons. The number of hydrogen-bond acceptors (Lipinski definition) is 12. The van der Waals surface area contributed by atoms with Crippen molar-refractivity contribution < 1.29 is 43.2 Å². The monoisotopic (exact) mass is 856 g/mol. The Morgan fingerprint density at radius 2 is 1.77 bits per heavy atom. The number of nitrogens with one attached hydrogen (secondary N) is 1. The van der Waals surface area contributed by atoms with Gasteiger partial charge in [0.2, 0.25) is 5.91 Å². The minimum absolute atomic E-state index is 0.0756. The van der Waals surface area contributed by atoms with Gasteiger partial charge < -0.3 is 34.3 Å². The van der Waals surface area contributed by atoms with Gasteiger partial charge in [0.05, 0.1) is 49.1 Å². The molecule has 5 fully saturated rings. The lowest BCUT2D eigenvalue weighted by Gasteiger charge is -2.35. The predicted octanol–water partition coefficient (Wildman–Crippen LogP) is 6.15. The molecule has 8 rings (SSSR count). The molecule has 0 spiro atoms. The summed E-state index contributed by atoms with van der Waals surface area (Å²) in [4.78, 5) is 64.2. The number of esters is 1. The highest BCUT2D eigenvalue weighted by atomic mass is 16.5. The molecule has 4 heterocycles. The molecule has 5 aliphatic rings. The number of carboxylic acids is 1. The lowest BCUT2D eigenvalue weighted by Crippen LogP contribution is -2.48. The van der Waals surface area contributed by atoms with Gasteiger partial charge in [0.15, 0.2) is 11.6 Å². The van der Waals surface area contributed by atoms with Crippen LogP contribution in [0.5, 0.6) is 11.5 Å². The van der Waals surface area contributed by atoms with Gasteiger partial charge in [0.1, 0.15) is 36.1 Å². The van der Waals surface area contributed by atoms with Crippen LogP contribution >= 0.6 is 0 Å². The highest BCUT2D eigenvalue weighted by Gasteiger charge is 2.61. The number of carboxylic acid groups (broad SMARTS) is 1. The van der Waals surface area contributed by atoms with Gasteiger partial charge in [-0.2, -0.15) is 0 Å². The normalized spacial score (nSPS) is 27.5. The van der Waals surface area contributed by atoms with Crippen LogP contribution in [0.25, 0.3) is 16.7 Å². The molecule has 8 atom stereocenters. The van der Waals surface area contributed by atoms with Gasteiger partial charge in [-0.05, 0) is 74.8 Å². The number of aliphatic carboxylic acids is 1. The van der Waals surface area contributed by atoms with Gasteiger partial charge in [0, 0.05) is 68.3 Å². The number of benzene rings is 1. The van der Waals surface area contributed by atoms with E-state index in [9.17, 15) is 24.3 Å². The number of morpholine rings is 1. The lowest BCUT2D eigenvalue weighted by atomic mass is 9.77. The number of pyridine rings is 1. The average Bonchev–Trinajstić information content (AvgIpc) is 3.89. The van der Waals surface area contributed by atoms with Crippen molar-refractivity contribution in [2.75, 3.05) is 51.3 Å². The van der Waals surface area contributed by atoms with Crippen LogP contribution in [0.2, 0.25) is 0 Å². The molecule has 3 saturated carbocycles. The van der Waals surface area contributed by atoms with E-state index in [4.69, 9.17) is 29.0 Å². The molecule has 3 aromatic rings. The van der Waals surface area contributed by atoms with Crippen LogP contribution in [0, 0.1) is 34.5 Å². The van der Waals surface area contributed by atoms with E-state index < -0.39 is 40.8 Å². The third kappa shape index (κ3) is 9.73. The molecule has 2 unspecified atom stereocenters. The first-order valence-electron chi connectivity index (χ1n) is 22.7. The summed E-state index contributed by atoms with van der Waals surface area (Å²) in [5.41, 5.74) is -1.17. The van der Waals surface area contributed by atoms with E-state index in [0.29, 0.717) is 78.5 Å². The first-order valence-corrected chi connectivity index (χ1v) is 22.7. The molecular formula is C47H64N6O9. The van der Waals surface area contributed by atoms with Gasteiger partial charge >= 0.3 is 11.9 Å². The van der Waals surface area contributed by atoms with Crippen molar-refractivity contribution in [2.45, 2.75) is 117 Å². The fourth-order valence-electron chi connectivity index (χ4n) is 10.0. The molecule has 15 heteroatoms. The average molecular weight is 857 g/mol. The SMILES string of the molecule is CC[C@@H]1C[C@]1(CC(=O)[C@@H]1CC(Oc2cc(-n3ccc(NC(C)C)n3)nc3cc(OCCN4CCOCC4)ccc23)CN1C(=O)[C@@H](CC(=O)OC1C[C@@H]2C[C@@H]2C1)C(C)(C)C)C(=O)O. The molecule has 2 aliphatic heterocycles. The van der Waals surface area contributed by atoms with Gasteiger partial charge in [-0.3, -0.25) is 24.1 Å². The fraction of sp³-hybridized carbons (Fsp3) is 0.660. The van der Waals surface area contributed by atoms with Crippen LogP contribution in [0.3, 0.4) is 0 Å². The third-order valence-electron chi connectivity index (χ3n) is 13.8. The van der Waals surface area contributed by atoms with E-state index in [0.717, 1.165) is 32.5 Å². The molecule has 15 nitrogen and oxygen atoms in total. The van der Waals surface area contributed by atoms with Gasteiger partial charge in [-0.15, -0.1) is 5.10 Å². The van der Waals surface area contributed by atoms with E-state index in [1.165, 1.54) is 6.42 Å². The molecule has 336 valence electrons. The van der Waals surface area contributed by atoms with E-state index in [1.807, 2.05) is 78.1 Å². The van der Waals surface area contributed by atoms with E-state index in [1.54, 1.807) is 9.58 Å². The zero-order valence-corrected chi connectivity index (χ0v) is 37.1. The minimum Gasteiger partial charge on any atom is -0.492 e. The molecule has 2 saturated heterocycles. The number of carbonyl (C=O) groups excluding carboxylic acids is 3. The predicted molar refractivity (Wildman–Crippen MR) is 231 cm³/mol. The Hall–Kier alpha value is -4.76. The smallest absolute Gasteiger partial charge is 0.310 e. The van der Waals surface area contributed by atoms with E-state index in [2.05, 4.69) is 10.2 Å². The Kier molecular flexibility index (Phi) is 12.6. The summed E-state index contributed by atoms with van der Waals surface area (Å²) in [6, 6.07) is 8.60. The lowest BCUT2D eigenvalue weighted by molar-refractivity contribution is -0.157. The first kappa shape index (κ1) is 43.9. The molecule has 2 N–H and O–H groups in total. The number of hydrogen-bond donors (Lipinski definition) is 2. The number of fused-ring (bicyclic) bond motifs is 2. The number of amides is 1. The molecule has 1 aromatic carbocycles. The zero-order chi connectivity index (χ0) is 43.9. The second-order valence-electron chi connectivity index (χ2n) is 19.8. The van der Waals surface area contributed by atoms with Crippen LogP contribution < -0.4 is 14.8 Å². The van der Waals surface area contributed by atoms with Crippen molar-refractivity contribution >= 4 is 40.3 Å². The molecule has 2 aromatic heterocycles. The number of ketones is 1. The second kappa shape index (κ2) is 17.8. The molecule has 0 bridgehead atoms. The van der Waals surface area contributed by atoms with Crippen molar-refractivity contribution in [3.05, 3.63) is 36.5 Å². The highest BCUT2D eigenvalue weighted by molar-refractivity contribution is 5.95. The van der Waals surface area contributed by atoms with Crippen molar-refractivity contribution in [1.29, 1.82) is 0 Å². The van der Waals surface area contributed by atoms with Gasteiger partial charge in [0.25, 0.3) is 0 Å².